The predicted octanol–water partition coefficient (Wildman–Crippen LogP) is 3.46. The molecular weight excluding hydrogens is 384 g/mol. The fourth-order valence-corrected chi connectivity index (χ4v) is 6.84. The molecule has 1 aromatic carbocycles. The smallest absolute Gasteiger partial charge is 0.186 e. The van der Waals surface area contributed by atoms with Gasteiger partial charge in [-0.25, -0.2) is 4.52 Å². The second-order valence-electron chi connectivity index (χ2n) is 5.20. The van der Waals surface area contributed by atoms with Crippen LogP contribution in [-0.4, -0.2) is 23.4 Å². The van der Waals surface area contributed by atoms with Gasteiger partial charge in [-0.05, 0) is 47.2 Å². The standard InChI is InChI=1S/C15H17INO2P/c1-11-15(12-7-4-3-5-8-12)19-20(18,17(11)2)14-10-6-9-13(14)16/h3-11,14-15H,1-2H3/t11-,14?,15-,20?/m0/s1. The van der Waals surface area contributed by atoms with Crippen LogP contribution in [-0.2, 0) is 4.52 Å². The molecule has 0 spiro atoms. The molecule has 0 saturated carbocycles. The Morgan fingerprint density at radius 2 is 2.00 bits per heavy atom. The minimum Gasteiger partial charge on any atom is -0.640 e. The zero-order valence-corrected chi connectivity index (χ0v) is 14.5. The maximum Gasteiger partial charge on any atom is 0.186 e. The molecule has 1 fully saturated rings. The van der Waals surface area contributed by atoms with E-state index < -0.39 is 7.87 Å². The van der Waals surface area contributed by atoms with Gasteiger partial charge in [0.25, 0.3) is 0 Å². The van der Waals surface area contributed by atoms with E-state index in [2.05, 4.69) is 29.5 Å². The molecule has 1 aliphatic heterocycles. The summed E-state index contributed by atoms with van der Waals surface area (Å²) in [6.45, 7) is 2.08. The summed E-state index contributed by atoms with van der Waals surface area (Å²) in [7, 11) is -0.965. The molecule has 0 N–H and O–H groups in total. The highest BCUT2D eigenvalue weighted by molar-refractivity contribution is 14.1. The average molecular weight is 401 g/mol. The molecule has 2 unspecified atom stereocenters. The molecule has 3 rings (SSSR count). The Hall–Kier alpha value is -0.260. The monoisotopic (exact) mass is 401 g/mol. The largest absolute Gasteiger partial charge is 0.640 e. The van der Waals surface area contributed by atoms with E-state index in [1.807, 2.05) is 60.3 Å². The third-order valence-corrected chi connectivity index (χ3v) is 8.49. The van der Waals surface area contributed by atoms with Crippen molar-refractivity contribution in [1.29, 1.82) is 0 Å². The van der Waals surface area contributed by atoms with Gasteiger partial charge in [0.05, 0.1) is 6.04 Å². The maximum absolute atomic E-state index is 13.4. The van der Waals surface area contributed by atoms with Crippen LogP contribution in [0.15, 0.2) is 52.1 Å². The number of hydrogen-bond acceptors (Lipinski definition) is 3. The summed E-state index contributed by atoms with van der Waals surface area (Å²) >= 11 is 2.25. The minimum absolute atomic E-state index is 0.0985. The van der Waals surface area contributed by atoms with Gasteiger partial charge >= 0.3 is 0 Å². The average Bonchev–Trinajstić information content (AvgIpc) is 2.98. The maximum atomic E-state index is 13.4. The van der Waals surface area contributed by atoms with E-state index in [0.717, 1.165) is 9.14 Å². The van der Waals surface area contributed by atoms with E-state index in [0.29, 0.717) is 0 Å². The number of halogens is 1. The van der Waals surface area contributed by atoms with Crippen molar-refractivity contribution in [2.24, 2.45) is 0 Å². The first kappa shape index (κ1) is 14.7. The van der Waals surface area contributed by atoms with Gasteiger partial charge in [0.15, 0.2) is 13.5 Å². The van der Waals surface area contributed by atoms with Crippen LogP contribution in [0.1, 0.15) is 18.6 Å². The summed E-state index contributed by atoms with van der Waals surface area (Å²) in [4.78, 5) is 13.4. The molecule has 1 saturated heterocycles. The lowest BCUT2D eigenvalue weighted by Crippen LogP contribution is -2.34. The third-order valence-electron chi connectivity index (χ3n) is 4.04. The van der Waals surface area contributed by atoms with Crippen LogP contribution in [0.5, 0.6) is 0 Å². The molecule has 1 aromatic rings. The molecule has 4 atom stereocenters. The molecule has 0 amide bonds. The van der Waals surface area contributed by atoms with Crippen molar-refractivity contribution in [3.63, 3.8) is 0 Å². The second-order valence-corrected chi connectivity index (χ2v) is 8.97. The molecule has 0 bridgehead atoms. The summed E-state index contributed by atoms with van der Waals surface area (Å²) < 4.78 is 9.11. The molecule has 20 heavy (non-hydrogen) atoms. The van der Waals surface area contributed by atoms with Crippen molar-refractivity contribution in [2.75, 3.05) is 7.05 Å². The van der Waals surface area contributed by atoms with Crippen molar-refractivity contribution in [2.45, 2.75) is 24.7 Å². The second kappa shape index (κ2) is 5.50. The summed E-state index contributed by atoms with van der Waals surface area (Å²) in [5.74, 6) is 0. The van der Waals surface area contributed by atoms with Crippen molar-refractivity contribution >= 4 is 30.5 Å². The number of likely N-dealkylation sites (N-methyl/N-ethyl adjacent to an activating group) is 1. The Labute approximate surface area is 134 Å². The van der Waals surface area contributed by atoms with Crippen molar-refractivity contribution in [3.05, 3.63) is 57.7 Å². The van der Waals surface area contributed by atoms with Gasteiger partial charge in [-0.2, -0.15) is 4.67 Å². The highest BCUT2D eigenvalue weighted by Gasteiger charge is 2.56. The fourth-order valence-electron chi connectivity index (χ4n) is 2.73. The first-order chi connectivity index (χ1) is 9.54. The van der Waals surface area contributed by atoms with Gasteiger partial charge in [-0.3, -0.25) is 0 Å². The number of hydrogen-bond donors (Lipinski definition) is 0. The van der Waals surface area contributed by atoms with Crippen molar-refractivity contribution in [3.8, 4) is 0 Å². The van der Waals surface area contributed by atoms with E-state index in [-0.39, 0.29) is 17.8 Å². The number of rotatable bonds is 2. The Morgan fingerprint density at radius 1 is 1.30 bits per heavy atom. The quantitative estimate of drug-likeness (QED) is 0.563. The van der Waals surface area contributed by atoms with E-state index in [4.69, 9.17) is 4.52 Å². The highest BCUT2D eigenvalue weighted by atomic mass is 127. The van der Waals surface area contributed by atoms with Crippen LogP contribution in [0.2, 0.25) is 0 Å². The van der Waals surface area contributed by atoms with E-state index >= 15 is 0 Å². The summed E-state index contributed by atoms with van der Waals surface area (Å²) in [5, 5.41) is 0. The number of nitrogens with zero attached hydrogens (tertiary/aromatic N) is 1. The summed E-state index contributed by atoms with van der Waals surface area (Å²) in [6.07, 6.45) is 5.82. The molecule has 1 heterocycles. The molecule has 2 aliphatic rings. The minimum atomic E-state index is -2.87. The summed E-state index contributed by atoms with van der Waals surface area (Å²) in [6, 6.07) is 10.1. The van der Waals surface area contributed by atoms with Crippen LogP contribution < -0.4 is 4.89 Å². The van der Waals surface area contributed by atoms with Gasteiger partial charge in [0.2, 0.25) is 0 Å². The van der Waals surface area contributed by atoms with Crippen LogP contribution in [0.4, 0.5) is 0 Å². The molecule has 5 heteroatoms. The Kier molecular flexibility index (Phi) is 4.04. The summed E-state index contributed by atoms with van der Waals surface area (Å²) in [5.41, 5.74) is 0.967. The molecule has 106 valence electrons. The van der Waals surface area contributed by atoms with E-state index in [9.17, 15) is 4.89 Å². The number of allylic oxidation sites excluding steroid dienone is 4. The lowest BCUT2D eigenvalue weighted by Gasteiger charge is -2.34. The Balaban J connectivity index is 1.93. The highest BCUT2D eigenvalue weighted by Crippen LogP contribution is 2.70. The van der Waals surface area contributed by atoms with Gasteiger partial charge in [0, 0.05) is 10.6 Å². The predicted molar refractivity (Wildman–Crippen MR) is 89.4 cm³/mol. The van der Waals surface area contributed by atoms with E-state index in [1.54, 1.807) is 0 Å². The molecule has 0 radical (unpaired) electrons. The van der Waals surface area contributed by atoms with Crippen LogP contribution in [0.3, 0.4) is 0 Å². The third kappa shape index (κ3) is 2.28. The molecular formula is C15H17INO2P. The Morgan fingerprint density at radius 3 is 2.60 bits per heavy atom. The first-order valence-corrected chi connectivity index (χ1v) is 9.37. The fraction of sp³-hybridized carbons (Fsp3) is 0.333. The zero-order chi connectivity index (χ0) is 14.3. The van der Waals surface area contributed by atoms with Crippen LogP contribution in [0, 0.1) is 0 Å². The lowest BCUT2D eigenvalue weighted by atomic mass is 10.0. The SMILES string of the molecule is C[C@H]1[C@@H](c2ccccc2)O[P+]([O-])(C2C=CC=C2I)N1C. The van der Waals surface area contributed by atoms with Gasteiger partial charge in [-0.1, -0.05) is 36.4 Å². The lowest BCUT2D eigenvalue weighted by molar-refractivity contribution is -0.201. The van der Waals surface area contributed by atoms with Gasteiger partial charge in [0.1, 0.15) is 6.10 Å². The van der Waals surface area contributed by atoms with E-state index in [1.165, 1.54) is 0 Å². The van der Waals surface area contributed by atoms with Crippen LogP contribution >= 0.6 is 30.5 Å². The number of benzene rings is 1. The van der Waals surface area contributed by atoms with Crippen LogP contribution in [0.25, 0.3) is 0 Å². The first-order valence-electron chi connectivity index (χ1n) is 6.64. The normalized spacial score (nSPS) is 37.4. The van der Waals surface area contributed by atoms with Crippen molar-refractivity contribution in [1.82, 2.24) is 4.67 Å². The van der Waals surface area contributed by atoms with Gasteiger partial charge in [-0.15, -0.1) is 0 Å². The molecule has 3 nitrogen and oxygen atoms in total. The molecule has 0 aromatic heterocycles. The van der Waals surface area contributed by atoms with Crippen molar-refractivity contribution < 1.29 is 9.42 Å². The molecule has 1 aliphatic carbocycles. The zero-order valence-electron chi connectivity index (χ0n) is 11.4. The Bertz CT molecular complexity index is 562. The van der Waals surface area contributed by atoms with Gasteiger partial charge < -0.3 is 4.89 Å². The topological polar surface area (TPSA) is 35.5 Å².